The number of hydrogen-bond acceptors (Lipinski definition) is 2. The summed E-state index contributed by atoms with van der Waals surface area (Å²) >= 11 is 0. The van der Waals surface area contributed by atoms with E-state index in [2.05, 4.69) is 15.3 Å². The third-order valence-corrected chi connectivity index (χ3v) is 3.99. The summed E-state index contributed by atoms with van der Waals surface area (Å²) in [7, 11) is 0. The highest BCUT2D eigenvalue weighted by Crippen LogP contribution is 2.32. The van der Waals surface area contributed by atoms with Crippen LogP contribution in [0.3, 0.4) is 0 Å². The molecule has 1 aliphatic heterocycles. The number of imidazole rings is 1. The number of benzene rings is 2. The number of halogens is 2. The van der Waals surface area contributed by atoms with Gasteiger partial charge in [0.15, 0.2) is 11.6 Å². The highest BCUT2D eigenvalue weighted by atomic mass is 19.2. The van der Waals surface area contributed by atoms with Gasteiger partial charge < -0.3 is 10.3 Å². The normalized spacial score (nSPS) is 17.7. The number of carbonyl (C=O) groups is 1. The highest BCUT2D eigenvalue weighted by Gasteiger charge is 2.33. The molecule has 1 unspecified atom stereocenters. The number of aromatic nitrogens is 2. The van der Waals surface area contributed by atoms with Crippen molar-refractivity contribution >= 4 is 22.8 Å². The van der Waals surface area contributed by atoms with Crippen LogP contribution in [0.1, 0.15) is 11.6 Å². The Balaban J connectivity index is 1.77. The lowest BCUT2D eigenvalue weighted by Crippen LogP contribution is -2.29. The molecule has 3 aromatic rings. The quantitative estimate of drug-likeness (QED) is 0.763. The average Bonchev–Trinajstić information content (AvgIpc) is 3.15. The van der Waals surface area contributed by atoms with E-state index in [1.807, 2.05) is 6.07 Å². The third kappa shape index (κ3) is 2.21. The zero-order valence-electron chi connectivity index (χ0n) is 11.9. The molecule has 1 fully saturated rings. The zero-order chi connectivity index (χ0) is 16.0. The SMILES string of the molecule is O=C1NCC(c2ccc(F)c(F)c2)N1c1ccc2[nH]cnc2c1. The van der Waals surface area contributed by atoms with Crippen molar-refractivity contribution in [3.63, 3.8) is 0 Å². The molecule has 4 rings (SSSR count). The van der Waals surface area contributed by atoms with E-state index in [-0.39, 0.29) is 6.03 Å². The molecule has 2 aromatic carbocycles. The van der Waals surface area contributed by atoms with Gasteiger partial charge in [0.1, 0.15) is 0 Å². The largest absolute Gasteiger partial charge is 0.345 e. The summed E-state index contributed by atoms with van der Waals surface area (Å²) in [5.74, 6) is -1.83. The number of H-pyrrole nitrogens is 1. The van der Waals surface area contributed by atoms with Gasteiger partial charge in [0, 0.05) is 12.2 Å². The summed E-state index contributed by atoms with van der Waals surface area (Å²) in [5.41, 5.74) is 2.77. The van der Waals surface area contributed by atoms with Crippen molar-refractivity contribution in [2.24, 2.45) is 0 Å². The van der Waals surface area contributed by atoms with Gasteiger partial charge in [-0.25, -0.2) is 18.6 Å². The van der Waals surface area contributed by atoms with Crippen LogP contribution >= 0.6 is 0 Å². The van der Waals surface area contributed by atoms with Crippen molar-refractivity contribution in [2.45, 2.75) is 6.04 Å². The second-order valence-electron chi connectivity index (χ2n) is 5.35. The van der Waals surface area contributed by atoms with Gasteiger partial charge in [0.2, 0.25) is 0 Å². The molecule has 5 nitrogen and oxygen atoms in total. The summed E-state index contributed by atoms with van der Waals surface area (Å²) in [6.45, 7) is 0.322. The number of fused-ring (bicyclic) bond motifs is 1. The number of aromatic amines is 1. The molecule has 7 heteroatoms. The van der Waals surface area contributed by atoms with Gasteiger partial charge in [-0.05, 0) is 35.9 Å². The van der Waals surface area contributed by atoms with Crippen molar-refractivity contribution in [3.05, 3.63) is 59.9 Å². The van der Waals surface area contributed by atoms with Gasteiger partial charge in [-0.3, -0.25) is 4.90 Å². The first kappa shape index (κ1) is 13.7. The van der Waals surface area contributed by atoms with Crippen molar-refractivity contribution in [3.8, 4) is 0 Å². The molecular weight excluding hydrogens is 302 g/mol. The Labute approximate surface area is 129 Å². The van der Waals surface area contributed by atoms with E-state index in [1.54, 1.807) is 18.5 Å². The predicted molar refractivity (Wildman–Crippen MR) is 81.1 cm³/mol. The summed E-state index contributed by atoms with van der Waals surface area (Å²) in [4.78, 5) is 20.9. The Morgan fingerprint density at radius 3 is 2.83 bits per heavy atom. The van der Waals surface area contributed by atoms with Crippen molar-refractivity contribution < 1.29 is 13.6 Å². The summed E-state index contributed by atoms with van der Waals surface area (Å²) in [5, 5.41) is 2.74. The van der Waals surface area contributed by atoms with E-state index in [0.717, 1.165) is 23.2 Å². The first-order valence-electron chi connectivity index (χ1n) is 7.08. The maximum absolute atomic E-state index is 13.5. The van der Waals surface area contributed by atoms with Crippen molar-refractivity contribution in [1.29, 1.82) is 0 Å². The van der Waals surface area contributed by atoms with Crippen LogP contribution in [0.5, 0.6) is 0 Å². The van der Waals surface area contributed by atoms with E-state index < -0.39 is 17.7 Å². The molecule has 2 heterocycles. The molecule has 0 bridgehead atoms. The minimum atomic E-state index is -0.926. The summed E-state index contributed by atoms with van der Waals surface area (Å²) in [6, 6.07) is 8.39. The van der Waals surface area contributed by atoms with Gasteiger partial charge in [0.05, 0.1) is 23.4 Å². The van der Waals surface area contributed by atoms with Crippen LogP contribution < -0.4 is 10.2 Å². The smallest absolute Gasteiger partial charge is 0.322 e. The van der Waals surface area contributed by atoms with Gasteiger partial charge in [0.25, 0.3) is 0 Å². The van der Waals surface area contributed by atoms with E-state index in [1.165, 1.54) is 11.0 Å². The summed E-state index contributed by atoms with van der Waals surface area (Å²) < 4.78 is 26.7. The van der Waals surface area contributed by atoms with Crippen LogP contribution in [0.2, 0.25) is 0 Å². The lowest BCUT2D eigenvalue weighted by atomic mass is 10.1. The van der Waals surface area contributed by atoms with Crippen LogP contribution in [0.25, 0.3) is 11.0 Å². The average molecular weight is 314 g/mol. The first-order chi connectivity index (χ1) is 11.1. The lowest BCUT2D eigenvalue weighted by molar-refractivity contribution is 0.251. The van der Waals surface area contributed by atoms with Crippen molar-refractivity contribution in [2.75, 3.05) is 11.4 Å². The van der Waals surface area contributed by atoms with E-state index in [4.69, 9.17) is 0 Å². The van der Waals surface area contributed by atoms with Crippen LogP contribution in [-0.4, -0.2) is 22.5 Å². The molecule has 0 radical (unpaired) electrons. The van der Waals surface area contributed by atoms with Crippen LogP contribution in [-0.2, 0) is 0 Å². The number of carbonyl (C=O) groups excluding carboxylic acids is 1. The maximum atomic E-state index is 13.5. The number of rotatable bonds is 2. The second-order valence-corrected chi connectivity index (χ2v) is 5.35. The van der Waals surface area contributed by atoms with Gasteiger partial charge >= 0.3 is 6.03 Å². The minimum absolute atomic E-state index is 0.283. The molecule has 1 saturated heterocycles. The number of nitrogens with one attached hydrogen (secondary N) is 2. The number of urea groups is 1. The van der Waals surface area contributed by atoms with Crippen LogP contribution in [0.15, 0.2) is 42.7 Å². The molecule has 23 heavy (non-hydrogen) atoms. The molecule has 1 aromatic heterocycles. The number of nitrogens with zero attached hydrogens (tertiary/aromatic N) is 2. The maximum Gasteiger partial charge on any atom is 0.322 e. The number of amides is 2. The van der Waals surface area contributed by atoms with Gasteiger partial charge in [-0.2, -0.15) is 0 Å². The fraction of sp³-hybridized carbons (Fsp3) is 0.125. The Hall–Kier alpha value is -2.96. The predicted octanol–water partition coefficient (Wildman–Crippen LogP) is 3.11. The first-order valence-corrected chi connectivity index (χ1v) is 7.08. The lowest BCUT2D eigenvalue weighted by Gasteiger charge is -2.23. The molecule has 116 valence electrons. The molecule has 1 atom stereocenters. The fourth-order valence-corrected chi connectivity index (χ4v) is 2.86. The Kier molecular flexibility index (Phi) is 3.00. The van der Waals surface area contributed by atoms with Gasteiger partial charge in [-0.15, -0.1) is 0 Å². The molecule has 0 spiro atoms. The van der Waals surface area contributed by atoms with E-state index in [9.17, 15) is 13.6 Å². The van der Waals surface area contributed by atoms with E-state index >= 15 is 0 Å². The van der Waals surface area contributed by atoms with E-state index in [0.29, 0.717) is 17.8 Å². The number of hydrogen-bond donors (Lipinski definition) is 2. The number of anilines is 1. The minimum Gasteiger partial charge on any atom is -0.345 e. The zero-order valence-corrected chi connectivity index (χ0v) is 11.9. The topological polar surface area (TPSA) is 61.0 Å². The second kappa shape index (κ2) is 5.05. The summed E-state index contributed by atoms with van der Waals surface area (Å²) in [6.07, 6.45) is 1.57. The Bertz CT molecular complexity index is 908. The molecule has 0 aliphatic carbocycles. The Morgan fingerprint density at radius 2 is 2.00 bits per heavy atom. The molecule has 2 N–H and O–H groups in total. The van der Waals surface area contributed by atoms with Gasteiger partial charge in [-0.1, -0.05) is 6.07 Å². The fourth-order valence-electron chi connectivity index (χ4n) is 2.86. The van der Waals surface area contributed by atoms with Crippen molar-refractivity contribution in [1.82, 2.24) is 15.3 Å². The molecule has 1 aliphatic rings. The molecule has 2 amide bonds. The van der Waals surface area contributed by atoms with Crippen LogP contribution in [0.4, 0.5) is 19.3 Å². The monoisotopic (exact) mass is 314 g/mol. The standard InChI is InChI=1S/C16H12F2N4O/c17-11-3-1-9(5-12(11)18)15-7-19-16(23)22(15)10-2-4-13-14(6-10)21-8-20-13/h1-6,8,15H,7H2,(H,19,23)(H,20,21). The molecule has 0 saturated carbocycles. The molecular formula is C16H12F2N4O. The highest BCUT2D eigenvalue weighted by molar-refractivity contribution is 5.97. The Morgan fingerprint density at radius 1 is 1.13 bits per heavy atom. The van der Waals surface area contributed by atoms with Crippen LogP contribution in [0, 0.1) is 11.6 Å². The third-order valence-electron chi connectivity index (χ3n) is 3.99.